The maximum atomic E-state index is 12.6. The Balaban J connectivity index is 1.26. The van der Waals surface area contributed by atoms with Crippen molar-refractivity contribution in [1.82, 2.24) is 19.9 Å². The maximum Gasteiger partial charge on any atom is 0.253 e. The highest BCUT2D eigenvalue weighted by atomic mass is 35.5. The number of carbonyl (C=O) groups excluding carboxylic acids is 2. The molecular formula is C22H21ClN4O3. The van der Waals surface area contributed by atoms with Crippen molar-refractivity contribution in [2.24, 2.45) is 0 Å². The number of hydrogen-bond donors (Lipinski definition) is 0. The van der Waals surface area contributed by atoms with Gasteiger partial charge in [0.15, 0.2) is 0 Å². The third-order valence-electron chi connectivity index (χ3n) is 5.06. The van der Waals surface area contributed by atoms with Crippen LogP contribution in [-0.4, -0.2) is 57.9 Å². The molecule has 0 bridgehead atoms. The van der Waals surface area contributed by atoms with E-state index in [4.69, 9.17) is 16.1 Å². The summed E-state index contributed by atoms with van der Waals surface area (Å²) < 4.78 is 5.27. The minimum atomic E-state index is 0.00304. The SMILES string of the molecule is O=C(CCc1nc(-c2ccc(Cl)cc2)no1)N1CCN(C(=O)c2ccccc2)CC1. The standard InChI is InChI=1S/C22H21ClN4O3/c23-18-8-6-16(7-9-18)21-24-19(30-25-21)10-11-20(28)26-12-14-27(15-13-26)22(29)17-4-2-1-3-5-17/h1-9H,10-15H2. The molecule has 8 heteroatoms. The van der Waals surface area contributed by atoms with Gasteiger partial charge in [0, 0.05) is 55.2 Å². The average molecular weight is 425 g/mol. The molecular weight excluding hydrogens is 404 g/mol. The summed E-state index contributed by atoms with van der Waals surface area (Å²) in [5.74, 6) is 0.921. The Morgan fingerprint density at radius 1 is 0.933 bits per heavy atom. The summed E-state index contributed by atoms with van der Waals surface area (Å²) in [6.45, 7) is 2.11. The van der Waals surface area contributed by atoms with E-state index in [1.807, 2.05) is 42.5 Å². The van der Waals surface area contributed by atoms with E-state index in [9.17, 15) is 9.59 Å². The molecule has 30 heavy (non-hydrogen) atoms. The van der Waals surface area contributed by atoms with E-state index in [-0.39, 0.29) is 18.2 Å². The van der Waals surface area contributed by atoms with Crippen molar-refractivity contribution in [1.29, 1.82) is 0 Å². The highest BCUT2D eigenvalue weighted by molar-refractivity contribution is 6.30. The zero-order valence-corrected chi connectivity index (χ0v) is 17.1. The Morgan fingerprint density at radius 3 is 2.30 bits per heavy atom. The molecule has 2 amide bonds. The van der Waals surface area contributed by atoms with Gasteiger partial charge in [-0.1, -0.05) is 35.0 Å². The number of nitrogens with zero attached hydrogens (tertiary/aromatic N) is 4. The van der Waals surface area contributed by atoms with Crippen molar-refractivity contribution in [2.75, 3.05) is 26.2 Å². The minimum absolute atomic E-state index is 0.00304. The number of aryl methyl sites for hydroxylation is 1. The molecule has 1 saturated heterocycles. The molecule has 3 aromatic rings. The fraction of sp³-hybridized carbons (Fsp3) is 0.273. The lowest BCUT2D eigenvalue weighted by molar-refractivity contribution is -0.132. The van der Waals surface area contributed by atoms with Crippen LogP contribution in [0.1, 0.15) is 22.7 Å². The Bertz CT molecular complexity index is 1010. The molecule has 1 aromatic heterocycles. The second-order valence-corrected chi connectivity index (χ2v) is 7.49. The topological polar surface area (TPSA) is 79.5 Å². The molecule has 0 N–H and O–H groups in total. The van der Waals surface area contributed by atoms with Crippen LogP contribution in [0.4, 0.5) is 0 Å². The van der Waals surface area contributed by atoms with Crippen LogP contribution in [-0.2, 0) is 11.2 Å². The van der Waals surface area contributed by atoms with Crippen LogP contribution in [0.25, 0.3) is 11.4 Å². The van der Waals surface area contributed by atoms with Gasteiger partial charge in [0.05, 0.1) is 0 Å². The Morgan fingerprint density at radius 2 is 1.60 bits per heavy atom. The molecule has 0 aliphatic carbocycles. The molecule has 4 rings (SSSR count). The van der Waals surface area contributed by atoms with Gasteiger partial charge in [-0.2, -0.15) is 4.98 Å². The van der Waals surface area contributed by atoms with Crippen LogP contribution in [0.3, 0.4) is 0 Å². The summed E-state index contributed by atoms with van der Waals surface area (Å²) in [6.07, 6.45) is 0.664. The predicted octanol–water partition coefficient (Wildman–Crippen LogP) is 3.31. The number of aromatic nitrogens is 2. The summed E-state index contributed by atoms with van der Waals surface area (Å²) in [6, 6.07) is 16.4. The molecule has 2 aromatic carbocycles. The molecule has 1 fully saturated rings. The van der Waals surface area contributed by atoms with Crippen molar-refractivity contribution in [3.05, 3.63) is 71.1 Å². The minimum Gasteiger partial charge on any atom is -0.339 e. The Labute approximate surface area is 179 Å². The van der Waals surface area contributed by atoms with E-state index in [0.717, 1.165) is 5.56 Å². The van der Waals surface area contributed by atoms with Gasteiger partial charge in [0.25, 0.3) is 5.91 Å². The summed E-state index contributed by atoms with van der Waals surface area (Å²) in [5, 5.41) is 4.60. The normalized spacial score (nSPS) is 14.0. The summed E-state index contributed by atoms with van der Waals surface area (Å²) in [4.78, 5) is 33.0. The summed E-state index contributed by atoms with van der Waals surface area (Å²) in [5.41, 5.74) is 1.48. The van der Waals surface area contributed by atoms with Gasteiger partial charge in [-0.15, -0.1) is 0 Å². The maximum absolute atomic E-state index is 12.6. The lowest BCUT2D eigenvalue weighted by Crippen LogP contribution is -2.50. The first-order valence-electron chi connectivity index (χ1n) is 9.81. The van der Waals surface area contributed by atoms with Crippen LogP contribution < -0.4 is 0 Å². The zero-order valence-electron chi connectivity index (χ0n) is 16.3. The fourth-order valence-electron chi connectivity index (χ4n) is 3.37. The number of amides is 2. The van der Waals surface area contributed by atoms with E-state index < -0.39 is 0 Å². The number of rotatable bonds is 5. The van der Waals surface area contributed by atoms with Crippen LogP contribution in [0, 0.1) is 0 Å². The first kappa shape index (κ1) is 20.1. The summed E-state index contributed by atoms with van der Waals surface area (Å²) >= 11 is 5.89. The van der Waals surface area contributed by atoms with E-state index in [1.165, 1.54) is 0 Å². The highest BCUT2D eigenvalue weighted by Gasteiger charge is 2.25. The van der Waals surface area contributed by atoms with Crippen LogP contribution >= 0.6 is 11.6 Å². The number of piperazine rings is 1. The van der Waals surface area contributed by atoms with Crippen molar-refractivity contribution in [3.8, 4) is 11.4 Å². The van der Waals surface area contributed by atoms with Crippen molar-refractivity contribution >= 4 is 23.4 Å². The predicted molar refractivity (Wildman–Crippen MR) is 112 cm³/mol. The monoisotopic (exact) mass is 424 g/mol. The molecule has 154 valence electrons. The van der Waals surface area contributed by atoms with Gasteiger partial charge in [-0.25, -0.2) is 0 Å². The van der Waals surface area contributed by atoms with E-state index >= 15 is 0 Å². The van der Waals surface area contributed by atoms with E-state index in [1.54, 1.807) is 21.9 Å². The van der Waals surface area contributed by atoms with Crippen molar-refractivity contribution in [3.63, 3.8) is 0 Å². The van der Waals surface area contributed by atoms with Gasteiger partial charge < -0.3 is 14.3 Å². The second-order valence-electron chi connectivity index (χ2n) is 7.06. The molecule has 2 heterocycles. The molecule has 0 spiro atoms. The Hall–Kier alpha value is -3.19. The van der Waals surface area contributed by atoms with Crippen molar-refractivity contribution in [2.45, 2.75) is 12.8 Å². The van der Waals surface area contributed by atoms with Gasteiger partial charge in [-0.3, -0.25) is 9.59 Å². The quantitative estimate of drug-likeness (QED) is 0.627. The second kappa shape index (κ2) is 9.09. The lowest BCUT2D eigenvalue weighted by atomic mass is 10.1. The molecule has 0 radical (unpaired) electrons. The number of halogens is 1. The van der Waals surface area contributed by atoms with Crippen LogP contribution in [0.5, 0.6) is 0 Å². The molecule has 0 saturated carbocycles. The van der Waals surface area contributed by atoms with Gasteiger partial charge in [0.1, 0.15) is 0 Å². The van der Waals surface area contributed by atoms with Gasteiger partial charge in [-0.05, 0) is 36.4 Å². The molecule has 1 aliphatic heterocycles. The highest BCUT2D eigenvalue weighted by Crippen LogP contribution is 2.19. The third-order valence-corrected chi connectivity index (χ3v) is 5.32. The smallest absolute Gasteiger partial charge is 0.253 e. The van der Waals surface area contributed by atoms with Crippen molar-refractivity contribution < 1.29 is 14.1 Å². The zero-order chi connectivity index (χ0) is 20.9. The fourth-order valence-corrected chi connectivity index (χ4v) is 3.49. The van der Waals surface area contributed by atoms with Crippen LogP contribution in [0.2, 0.25) is 5.02 Å². The molecule has 1 aliphatic rings. The number of benzene rings is 2. The third kappa shape index (κ3) is 4.68. The molecule has 0 unspecified atom stereocenters. The van der Waals surface area contributed by atoms with E-state index in [0.29, 0.717) is 54.9 Å². The first-order valence-corrected chi connectivity index (χ1v) is 10.2. The van der Waals surface area contributed by atoms with Gasteiger partial charge in [0.2, 0.25) is 17.6 Å². The summed E-state index contributed by atoms with van der Waals surface area (Å²) in [7, 11) is 0. The number of carbonyl (C=O) groups is 2. The van der Waals surface area contributed by atoms with E-state index in [2.05, 4.69) is 10.1 Å². The molecule has 7 nitrogen and oxygen atoms in total. The molecule has 0 atom stereocenters. The Kier molecular flexibility index (Phi) is 6.09. The lowest BCUT2D eigenvalue weighted by Gasteiger charge is -2.34. The van der Waals surface area contributed by atoms with Crippen LogP contribution in [0.15, 0.2) is 59.1 Å². The largest absolute Gasteiger partial charge is 0.339 e. The van der Waals surface area contributed by atoms with Gasteiger partial charge >= 0.3 is 0 Å². The average Bonchev–Trinajstić information content (AvgIpc) is 3.27. The number of hydrogen-bond acceptors (Lipinski definition) is 5. The first-order chi connectivity index (χ1) is 14.6.